The highest BCUT2D eigenvalue weighted by Gasteiger charge is 2.40. The van der Waals surface area contributed by atoms with Gasteiger partial charge >= 0.3 is 5.97 Å². The van der Waals surface area contributed by atoms with Gasteiger partial charge in [-0.3, -0.25) is 4.79 Å². The van der Waals surface area contributed by atoms with Crippen LogP contribution >= 0.6 is 0 Å². The van der Waals surface area contributed by atoms with Crippen LogP contribution in [0.5, 0.6) is 0 Å². The first kappa shape index (κ1) is 11.8. The first-order valence-electron chi connectivity index (χ1n) is 5.33. The molecule has 0 radical (unpaired) electrons. The van der Waals surface area contributed by atoms with Gasteiger partial charge in [-0.15, -0.1) is 0 Å². The van der Waals surface area contributed by atoms with Gasteiger partial charge in [-0.1, -0.05) is 19.9 Å². The summed E-state index contributed by atoms with van der Waals surface area (Å²) in [7, 11) is 1.20. The molecular formula is C13H13FO3. The number of carbonyl (C=O) groups excluding carboxylic acids is 2. The van der Waals surface area contributed by atoms with Crippen molar-refractivity contribution in [1.29, 1.82) is 0 Å². The van der Waals surface area contributed by atoms with Crippen LogP contribution in [-0.2, 0) is 11.2 Å². The lowest BCUT2D eigenvalue weighted by molar-refractivity contribution is 0.0595. The number of halogens is 1. The molecule has 0 spiro atoms. The lowest BCUT2D eigenvalue weighted by atomic mass is 9.89. The average molecular weight is 236 g/mol. The lowest BCUT2D eigenvalue weighted by Gasteiger charge is -2.13. The van der Waals surface area contributed by atoms with Gasteiger partial charge in [-0.25, -0.2) is 9.18 Å². The fourth-order valence-electron chi connectivity index (χ4n) is 2.16. The van der Waals surface area contributed by atoms with Crippen molar-refractivity contribution in [2.24, 2.45) is 5.41 Å². The molecule has 4 heteroatoms. The molecule has 2 rings (SSSR count). The molecule has 0 bridgehead atoms. The molecule has 1 aromatic carbocycles. The second kappa shape index (κ2) is 3.65. The number of carbonyl (C=O) groups is 2. The quantitative estimate of drug-likeness (QED) is 0.703. The Kier molecular flexibility index (Phi) is 2.53. The van der Waals surface area contributed by atoms with Crippen LogP contribution in [0.25, 0.3) is 0 Å². The van der Waals surface area contributed by atoms with E-state index in [1.807, 2.05) is 0 Å². The molecule has 1 aliphatic rings. The van der Waals surface area contributed by atoms with E-state index in [2.05, 4.69) is 4.74 Å². The minimum absolute atomic E-state index is 0.0807. The number of Topliss-reactive ketones (excluding diaryl/α,β-unsaturated/α-hetero) is 1. The molecule has 0 aromatic heterocycles. The fraction of sp³-hybridized carbons (Fsp3) is 0.385. The highest BCUT2D eigenvalue weighted by Crippen LogP contribution is 2.38. The topological polar surface area (TPSA) is 43.4 Å². The molecule has 1 aliphatic carbocycles. The predicted molar refractivity (Wildman–Crippen MR) is 59.6 cm³/mol. The van der Waals surface area contributed by atoms with Crippen molar-refractivity contribution < 1.29 is 18.7 Å². The van der Waals surface area contributed by atoms with Crippen LogP contribution in [0.15, 0.2) is 12.1 Å². The average Bonchev–Trinajstić information content (AvgIpc) is 2.52. The molecule has 0 N–H and O–H groups in total. The Balaban J connectivity index is 2.58. The van der Waals surface area contributed by atoms with E-state index in [4.69, 9.17) is 0 Å². The second-order valence-corrected chi connectivity index (χ2v) is 4.83. The molecule has 3 nitrogen and oxygen atoms in total. The first-order chi connectivity index (χ1) is 7.88. The Morgan fingerprint density at radius 2 is 2.06 bits per heavy atom. The SMILES string of the molecule is COC(=O)c1ccc2c(c1F)CC(C)(C)C2=O. The van der Waals surface area contributed by atoms with E-state index in [0.717, 1.165) is 0 Å². The smallest absolute Gasteiger partial charge is 0.340 e. The van der Waals surface area contributed by atoms with Crippen molar-refractivity contribution in [1.82, 2.24) is 0 Å². The van der Waals surface area contributed by atoms with E-state index in [9.17, 15) is 14.0 Å². The Bertz CT molecular complexity index is 518. The fourth-order valence-corrected chi connectivity index (χ4v) is 2.16. The van der Waals surface area contributed by atoms with Crippen LogP contribution in [0.1, 0.15) is 40.1 Å². The van der Waals surface area contributed by atoms with E-state index in [-0.39, 0.29) is 11.3 Å². The molecule has 0 aliphatic heterocycles. The zero-order valence-electron chi connectivity index (χ0n) is 9.96. The molecule has 0 unspecified atom stereocenters. The number of fused-ring (bicyclic) bond motifs is 1. The van der Waals surface area contributed by atoms with Gasteiger partial charge in [-0.05, 0) is 12.5 Å². The van der Waals surface area contributed by atoms with Crippen molar-refractivity contribution >= 4 is 11.8 Å². The predicted octanol–water partition coefficient (Wildman–Crippen LogP) is 2.38. The number of ether oxygens (including phenoxy) is 1. The van der Waals surface area contributed by atoms with Crippen molar-refractivity contribution in [3.05, 3.63) is 34.6 Å². The first-order valence-corrected chi connectivity index (χ1v) is 5.33. The third kappa shape index (κ3) is 1.64. The number of benzene rings is 1. The number of ketones is 1. The summed E-state index contributed by atoms with van der Waals surface area (Å²) in [6.07, 6.45) is 0.317. The molecule has 0 saturated heterocycles. The molecule has 0 saturated carbocycles. The third-order valence-corrected chi connectivity index (χ3v) is 3.13. The summed E-state index contributed by atoms with van der Waals surface area (Å²) in [5.74, 6) is -1.43. The lowest BCUT2D eigenvalue weighted by Crippen LogP contribution is -2.18. The molecular weight excluding hydrogens is 223 g/mol. The van der Waals surface area contributed by atoms with Crippen LogP contribution in [0.4, 0.5) is 4.39 Å². The highest BCUT2D eigenvalue weighted by molar-refractivity contribution is 6.05. The molecule has 90 valence electrons. The maximum atomic E-state index is 14.1. The monoisotopic (exact) mass is 236 g/mol. The van der Waals surface area contributed by atoms with Gasteiger partial charge in [0, 0.05) is 16.5 Å². The number of hydrogen-bond donors (Lipinski definition) is 0. The molecule has 0 fully saturated rings. The summed E-state index contributed by atoms with van der Waals surface area (Å²) in [4.78, 5) is 23.3. The van der Waals surface area contributed by atoms with Crippen LogP contribution in [0.3, 0.4) is 0 Å². The minimum atomic E-state index is -0.720. The van der Waals surface area contributed by atoms with Gasteiger partial charge < -0.3 is 4.74 Å². The van der Waals surface area contributed by atoms with Crippen LogP contribution < -0.4 is 0 Å². The summed E-state index contributed by atoms with van der Waals surface area (Å²) in [6.45, 7) is 3.54. The van der Waals surface area contributed by atoms with Gasteiger partial charge in [0.25, 0.3) is 0 Å². The molecule has 0 amide bonds. The standard InChI is InChI=1S/C13H13FO3/c1-13(2)6-9-7(11(13)15)4-5-8(10(9)14)12(16)17-3/h4-5H,6H2,1-3H3. The Labute approximate surface area is 98.6 Å². The summed E-state index contributed by atoms with van der Waals surface area (Å²) < 4.78 is 18.6. The summed E-state index contributed by atoms with van der Waals surface area (Å²) >= 11 is 0. The van der Waals surface area contributed by atoms with Gasteiger partial charge in [0.05, 0.1) is 12.7 Å². The van der Waals surface area contributed by atoms with Gasteiger partial charge in [0.1, 0.15) is 5.82 Å². The van der Waals surface area contributed by atoms with E-state index < -0.39 is 17.2 Å². The molecule has 0 heterocycles. The van der Waals surface area contributed by atoms with Crippen LogP contribution in [0, 0.1) is 11.2 Å². The molecule has 0 atom stereocenters. The Hall–Kier alpha value is -1.71. The number of rotatable bonds is 1. The van der Waals surface area contributed by atoms with E-state index in [0.29, 0.717) is 17.5 Å². The van der Waals surface area contributed by atoms with Crippen molar-refractivity contribution in [3.63, 3.8) is 0 Å². The number of esters is 1. The maximum absolute atomic E-state index is 14.1. The van der Waals surface area contributed by atoms with Gasteiger partial charge in [0.2, 0.25) is 0 Å². The normalized spacial score (nSPS) is 16.8. The van der Waals surface area contributed by atoms with E-state index in [1.54, 1.807) is 13.8 Å². The van der Waals surface area contributed by atoms with Gasteiger partial charge in [0.15, 0.2) is 5.78 Å². The summed E-state index contributed by atoms with van der Waals surface area (Å²) in [5.41, 5.74) is -0.0161. The van der Waals surface area contributed by atoms with Crippen molar-refractivity contribution in [2.45, 2.75) is 20.3 Å². The van der Waals surface area contributed by atoms with Crippen molar-refractivity contribution in [3.8, 4) is 0 Å². The zero-order valence-corrected chi connectivity index (χ0v) is 9.96. The van der Waals surface area contributed by atoms with E-state index >= 15 is 0 Å². The maximum Gasteiger partial charge on any atom is 0.340 e. The second-order valence-electron chi connectivity index (χ2n) is 4.83. The van der Waals surface area contributed by atoms with Gasteiger partial charge in [-0.2, -0.15) is 0 Å². The number of hydrogen-bond acceptors (Lipinski definition) is 3. The molecule has 17 heavy (non-hydrogen) atoms. The number of methoxy groups -OCH3 is 1. The van der Waals surface area contributed by atoms with E-state index in [1.165, 1.54) is 19.2 Å². The van der Waals surface area contributed by atoms with Crippen LogP contribution in [-0.4, -0.2) is 18.9 Å². The van der Waals surface area contributed by atoms with Crippen molar-refractivity contribution in [2.75, 3.05) is 7.11 Å². The largest absolute Gasteiger partial charge is 0.465 e. The highest BCUT2D eigenvalue weighted by atomic mass is 19.1. The summed E-state index contributed by atoms with van der Waals surface area (Å²) in [6, 6.07) is 2.81. The zero-order chi connectivity index (χ0) is 12.8. The Morgan fingerprint density at radius 3 is 2.65 bits per heavy atom. The molecule has 1 aromatic rings. The third-order valence-electron chi connectivity index (χ3n) is 3.13. The summed E-state index contributed by atoms with van der Waals surface area (Å²) in [5, 5.41) is 0. The minimum Gasteiger partial charge on any atom is -0.465 e. The van der Waals surface area contributed by atoms with Crippen LogP contribution in [0.2, 0.25) is 0 Å². The Morgan fingerprint density at radius 1 is 1.41 bits per heavy atom.